The number of carboxylic acid groups (broad SMARTS) is 1. The van der Waals surface area contributed by atoms with Crippen LogP contribution in [0.3, 0.4) is 0 Å². The number of β-amino-alcohol motifs (C(OH)–C–C–N with tert-alkyl or cyclic N) is 1. The molecule has 214 valence electrons. The van der Waals surface area contributed by atoms with E-state index in [0.717, 1.165) is 36.3 Å². The monoisotopic (exact) mass is 573 g/mol. The number of halogens is 1. The fraction of sp³-hybridized carbons (Fsp3) is 0.286. The Morgan fingerprint density at radius 1 is 1.05 bits per heavy atom. The van der Waals surface area contributed by atoms with E-state index < -0.39 is 5.97 Å². The predicted octanol–water partition coefficient (Wildman–Crippen LogP) is 3.29. The largest absolute Gasteiger partial charge is 0.478 e. The maximum Gasteiger partial charge on any atom is 0.331 e. The molecule has 1 amide bonds. The van der Waals surface area contributed by atoms with Crippen molar-refractivity contribution in [1.82, 2.24) is 5.32 Å². The maximum atomic E-state index is 13.3. The van der Waals surface area contributed by atoms with Crippen LogP contribution in [0.4, 0.5) is 17.1 Å². The van der Waals surface area contributed by atoms with E-state index in [1.807, 2.05) is 30.3 Å². The summed E-state index contributed by atoms with van der Waals surface area (Å²) in [4.78, 5) is 47.2. The zero-order chi connectivity index (χ0) is 29.3. The predicted molar refractivity (Wildman–Crippen MR) is 151 cm³/mol. The molecule has 0 bridgehead atoms. The van der Waals surface area contributed by atoms with Crippen LogP contribution in [-0.2, 0) is 23.9 Å². The van der Waals surface area contributed by atoms with Gasteiger partial charge in [0.1, 0.15) is 6.26 Å². The van der Waals surface area contributed by atoms with Gasteiger partial charge in [0.05, 0.1) is 41.9 Å². The number of carbonyl (C=O) groups is 4. The Balaban J connectivity index is 0.000000611. The smallest absolute Gasteiger partial charge is 0.331 e. The Hall–Kier alpha value is -4.19. The lowest BCUT2D eigenvalue weighted by atomic mass is 10.1. The van der Waals surface area contributed by atoms with Gasteiger partial charge in [-0.05, 0) is 50.2 Å². The number of rotatable bonds is 13. The van der Waals surface area contributed by atoms with Gasteiger partial charge in [-0.3, -0.25) is 9.59 Å². The number of fused-ring (bicyclic) bond motifs is 2. The first kappa shape index (κ1) is 32.0. The van der Waals surface area contributed by atoms with Crippen molar-refractivity contribution in [2.75, 3.05) is 49.2 Å². The van der Waals surface area contributed by atoms with Crippen LogP contribution in [0, 0.1) is 0 Å². The van der Waals surface area contributed by atoms with Crippen molar-refractivity contribution in [3.05, 3.63) is 77.5 Å². The number of amides is 1. The second-order valence-electron chi connectivity index (χ2n) is 8.07. The minimum atomic E-state index is -1.15. The first-order valence-electron chi connectivity index (χ1n) is 12.4. The van der Waals surface area contributed by atoms with Gasteiger partial charge in [-0.15, -0.1) is 0 Å². The number of nitrogens with one attached hydrogen (secondary N) is 1. The van der Waals surface area contributed by atoms with Crippen molar-refractivity contribution in [3.63, 3.8) is 0 Å². The number of benzene rings is 2. The van der Waals surface area contributed by atoms with Crippen molar-refractivity contribution in [3.8, 4) is 0 Å². The second kappa shape index (κ2) is 17.4. The lowest BCUT2D eigenvalue weighted by Gasteiger charge is -2.27. The van der Waals surface area contributed by atoms with E-state index in [9.17, 15) is 24.3 Å². The number of aliphatic hydroxyl groups is 1. The van der Waals surface area contributed by atoms with Gasteiger partial charge in [-0.25, -0.2) is 9.59 Å². The molecule has 0 aromatic heterocycles. The fourth-order valence-electron chi connectivity index (χ4n) is 3.80. The first-order chi connectivity index (χ1) is 19.3. The van der Waals surface area contributed by atoms with Gasteiger partial charge in [0.25, 0.3) is 12.4 Å². The number of anilines is 3. The second-order valence-corrected chi connectivity index (χ2v) is 8.50. The van der Waals surface area contributed by atoms with Crippen LogP contribution < -0.4 is 15.1 Å². The van der Waals surface area contributed by atoms with Gasteiger partial charge in [0.2, 0.25) is 0 Å². The van der Waals surface area contributed by atoms with Gasteiger partial charge < -0.3 is 34.8 Å². The molecule has 0 saturated carbocycles. The number of aliphatic hydroxyl groups excluding tert-OH is 1. The van der Waals surface area contributed by atoms with Crippen LogP contribution in [0.1, 0.15) is 23.7 Å². The van der Waals surface area contributed by atoms with Crippen LogP contribution in [0.25, 0.3) is 0 Å². The molecular formula is C28H32ClN3O8. The summed E-state index contributed by atoms with van der Waals surface area (Å²) in [5, 5.41) is 21.2. The number of aliphatic carboxylic acids is 1. The summed E-state index contributed by atoms with van der Waals surface area (Å²) >= 11 is 6.28. The Labute approximate surface area is 237 Å². The van der Waals surface area contributed by atoms with Crippen LogP contribution in [0.5, 0.6) is 0 Å². The van der Waals surface area contributed by atoms with Crippen molar-refractivity contribution >= 4 is 53.0 Å². The Morgan fingerprint density at radius 2 is 1.77 bits per heavy atom. The molecule has 0 spiro atoms. The molecule has 11 nitrogen and oxygen atoms in total. The standard InChI is InChI=1S/C24H28ClN3O4.C4H4O4/c1-2-32-23(30)9-5-12-26-13-6-14-27-20-7-3-4-8-21(20)28(15-16-29)24(31)19-11-10-18(25)17-22(19)27;5-3-8-2-1-4(6)7/h3-5,7-11,17,26,29H,2,6,12-16H2,1H3;1-3H,(H,6,7)/b9-5+;2-1-. The van der Waals surface area contributed by atoms with E-state index >= 15 is 0 Å². The molecule has 40 heavy (non-hydrogen) atoms. The van der Waals surface area contributed by atoms with E-state index in [1.165, 1.54) is 6.08 Å². The number of carbonyl (C=O) groups excluding carboxylic acids is 3. The molecule has 3 N–H and O–H groups in total. The Kier molecular flexibility index (Phi) is 13.9. The number of esters is 1. The van der Waals surface area contributed by atoms with Crippen LogP contribution >= 0.6 is 11.6 Å². The number of nitrogens with zero attached hydrogens (tertiary/aromatic N) is 2. The topological polar surface area (TPSA) is 146 Å². The van der Waals surface area contributed by atoms with Gasteiger partial charge in [0.15, 0.2) is 0 Å². The molecule has 1 aliphatic heterocycles. The average Bonchev–Trinajstić information content (AvgIpc) is 3.02. The molecule has 0 atom stereocenters. The highest BCUT2D eigenvalue weighted by atomic mass is 35.5. The fourth-order valence-corrected chi connectivity index (χ4v) is 3.97. The van der Waals surface area contributed by atoms with Crippen LogP contribution in [-0.4, -0.2) is 73.9 Å². The molecule has 0 aliphatic carbocycles. The number of carboxylic acids is 1. The number of para-hydroxylation sites is 2. The lowest BCUT2D eigenvalue weighted by molar-refractivity contribution is -0.137. The summed E-state index contributed by atoms with van der Waals surface area (Å²) in [6.45, 7) is 4.27. The average molecular weight is 574 g/mol. The number of hydrogen-bond acceptors (Lipinski definition) is 9. The van der Waals surface area contributed by atoms with Crippen molar-refractivity contribution < 1.29 is 38.9 Å². The van der Waals surface area contributed by atoms with Crippen molar-refractivity contribution in [1.29, 1.82) is 0 Å². The molecule has 0 radical (unpaired) electrons. The molecular weight excluding hydrogens is 542 g/mol. The maximum absolute atomic E-state index is 13.3. The lowest BCUT2D eigenvalue weighted by Crippen LogP contribution is -2.32. The summed E-state index contributed by atoms with van der Waals surface area (Å²) in [5.74, 6) is -1.66. The summed E-state index contributed by atoms with van der Waals surface area (Å²) in [6.07, 6.45) is 5.45. The van der Waals surface area contributed by atoms with Gasteiger partial charge in [-0.2, -0.15) is 0 Å². The Bertz CT molecular complexity index is 1220. The summed E-state index contributed by atoms with van der Waals surface area (Å²) in [6, 6.07) is 12.9. The third kappa shape index (κ3) is 9.84. The highest BCUT2D eigenvalue weighted by molar-refractivity contribution is 6.31. The van der Waals surface area contributed by atoms with E-state index in [2.05, 4.69) is 15.0 Å². The summed E-state index contributed by atoms with van der Waals surface area (Å²) < 4.78 is 8.76. The van der Waals surface area contributed by atoms with Crippen molar-refractivity contribution in [2.24, 2.45) is 0 Å². The zero-order valence-corrected chi connectivity index (χ0v) is 22.8. The minimum Gasteiger partial charge on any atom is -0.478 e. The zero-order valence-electron chi connectivity index (χ0n) is 22.0. The van der Waals surface area contributed by atoms with E-state index in [0.29, 0.717) is 36.4 Å². The van der Waals surface area contributed by atoms with Gasteiger partial charge in [0, 0.05) is 30.7 Å². The highest BCUT2D eigenvalue weighted by Crippen LogP contribution is 2.41. The van der Waals surface area contributed by atoms with Gasteiger partial charge >= 0.3 is 11.9 Å². The highest BCUT2D eigenvalue weighted by Gasteiger charge is 2.30. The van der Waals surface area contributed by atoms with Crippen LogP contribution in [0.15, 0.2) is 67.0 Å². The van der Waals surface area contributed by atoms with Crippen molar-refractivity contribution in [2.45, 2.75) is 13.3 Å². The summed E-state index contributed by atoms with van der Waals surface area (Å²) in [7, 11) is 0. The minimum absolute atomic E-state index is 0.133. The third-order valence-electron chi connectivity index (χ3n) is 5.40. The molecule has 1 aliphatic rings. The SMILES string of the molecule is CCOC(=O)/C=C/CNCCCN1c2cc(Cl)ccc2C(=O)N(CCO)c2ccccc21.O=CO/C=C\C(=O)O. The van der Waals surface area contributed by atoms with Gasteiger partial charge in [-0.1, -0.05) is 29.8 Å². The molecule has 12 heteroatoms. The van der Waals surface area contributed by atoms with Crippen LogP contribution in [0.2, 0.25) is 5.02 Å². The Morgan fingerprint density at radius 3 is 2.42 bits per heavy atom. The normalized spacial score (nSPS) is 12.3. The first-order valence-corrected chi connectivity index (χ1v) is 12.8. The molecule has 1 heterocycles. The third-order valence-corrected chi connectivity index (χ3v) is 5.63. The molecule has 0 saturated heterocycles. The number of hydrogen-bond donors (Lipinski definition) is 3. The molecule has 0 unspecified atom stereocenters. The van der Waals surface area contributed by atoms with E-state index in [4.69, 9.17) is 21.4 Å². The quantitative estimate of drug-likeness (QED) is 0.107. The molecule has 3 rings (SSSR count). The number of ether oxygens (including phenoxy) is 2. The van der Waals surface area contributed by atoms with E-state index in [-0.39, 0.29) is 31.5 Å². The summed E-state index contributed by atoms with van der Waals surface area (Å²) in [5.41, 5.74) is 2.93. The molecule has 2 aromatic carbocycles. The molecule has 2 aromatic rings. The molecule has 0 fully saturated rings. The van der Waals surface area contributed by atoms with E-state index in [1.54, 1.807) is 30.0 Å².